The predicted molar refractivity (Wildman–Crippen MR) is 77.3 cm³/mol. The molecule has 1 aliphatic rings. The minimum atomic E-state index is 0.00822. The second-order valence-electron chi connectivity index (χ2n) is 6.49. The summed E-state index contributed by atoms with van der Waals surface area (Å²) in [4.78, 5) is 30.9. The highest BCUT2D eigenvalue weighted by atomic mass is 16.2. The molecule has 5 nitrogen and oxygen atoms in total. The number of hydrogen-bond donors (Lipinski definition) is 1. The maximum atomic E-state index is 12.2. The summed E-state index contributed by atoms with van der Waals surface area (Å²) in [6, 6.07) is 3.59. The quantitative estimate of drug-likeness (QED) is 0.895. The van der Waals surface area contributed by atoms with Crippen LogP contribution in [-0.2, 0) is 4.79 Å². The summed E-state index contributed by atoms with van der Waals surface area (Å²) in [6.07, 6.45) is 2.30. The average Bonchev–Trinajstić information content (AvgIpc) is 2.90. The van der Waals surface area contributed by atoms with Crippen LogP contribution in [0.2, 0.25) is 0 Å². The van der Waals surface area contributed by atoms with E-state index >= 15 is 0 Å². The molecular formula is C15H23N3O2. The van der Waals surface area contributed by atoms with E-state index < -0.39 is 0 Å². The molecular weight excluding hydrogens is 254 g/mol. The number of nitrogens with one attached hydrogen (secondary N) is 1. The molecule has 1 aromatic rings. The Kier molecular flexibility index (Phi) is 4.16. The van der Waals surface area contributed by atoms with Gasteiger partial charge in [-0.2, -0.15) is 0 Å². The third-order valence-corrected chi connectivity index (χ3v) is 3.43. The molecule has 20 heavy (non-hydrogen) atoms. The minimum absolute atomic E-state index is 0.00822. The van der Waals surface area contributed by atoms with Gasteiger partial charge in [-0.25, -0.2) is 0 Å². The number of piperazine rings is 1. The molecule has 1 fully saturated rings. The fourth-order valence-electron chi connectivity index (χ4n) is 2.36. The van der Waals surface area contributed by atoms with Gasteiger partial charge in [-0.05, 0) is 17.5 Å². The summed E-state index contributed by atoms with van der Waals surface area (Å²) in [5.41, 5.74) is 0.619. The maximum Gasteiger partial charge on any atom is 0.270 e. The highest BCUT2D eigenvalue weighted by molar-refractivity contribution is 5.92. The lowest BCUT2D eigenvalue weighted by molar-refractivity contribution is -0.134. The van der Waals surface area contributed by atoms with Crippen molar-refractivity contribution in [3.8, 4) is 0 Å². The van der Waals surface area contributed by atoms with E-state index in [1.807, 2.05) is 11.0 Å². The van der Waals surface area contributed by atoms with Gasteiger partial charge in [0.2, 0.25) is 5.91 Å². The van der Waals surface area contributed by atoms with Gasteiger partial charge in [0, 0.05) is 38.8 Å². The fourth-order valence-corrected chi connectivity index (χ4v) is 2.36. The van der Waals surface area contributed by atoms with Gasteiger partial charge >= 0.3 is 0 Å². The van der Waals surface area contributed by atoms with Crippen molar-refractivity contribution in [2.45, 2.75) is 27.2 Å². The summed E-state index contributed by atoms with van der Waals surface area (Å²) in [6.45, 7) is 8.66. The molecule has 0 saturated carbocycles. The van der Waals surface area contributed by atoms with Crippen molar-refractivity contribution in [2.75, 3.05) is 26.2 Å². The van der Waals surface area contributed by atoms with E-state index in [0.29, 0.717) is 38.3 Å². The van der Waals surface area contributed by atoms with E-state index in [2.05, 4.69) is 25.8 Å². The molecule has 0 unspecified atom stereocenters. The molecule has 5 heteroatoms. The molecule has 110 valence electrons. The molecule has 0 bridgehead atoms. The third-order valence-electron chi connectivity index (χ3n) is 3.43. The van der Waals surface area contributed by atoms with E-state index in [-0.39, 0.29) is 17.2 Å². The number of carbonyl (C=O) groups excluding carboxylic acids is 2. The van der Waals surface area contributed by atoms with Crippen molar-refractivity contribution >= 4 is 11.8 Å². The van der Waals surface area contributed by atoms with E-state index in [0.717, 1.165) is 0 Å². The number of aromatic amines is 1. The van der Waals surface area contributed by atoms with Crippen molar-refractivity contribution in [1.29, 1.82) is 0 Å². The fraction of sp³-hybridized carbons (Fsp3) is 0.600. The Labute approximate surface area is 119 Å². The first-order chi connectivity index (χ1) is 9.37. The first-order valence-electron chi connectivity index (χ1n) is 7.07. The Balaban J connectivity index is 1.86. The smallest absolute Gasteiger partial charge is 0.270 e. The van der Waals surface area contributed by atoms with Gasteiger partial charge in [-0.1, -0.05) is 20.8 Å². The lowest BCUT2D eigenvalue weighted by Gasteiger charge is -2.35. The van der Waals surface area contributed by atoms with Crippen LogP contribution in [0.4, 0.5) is 0 Å². The van der Waals surface area contributed by atoms with Crippen molar-refractivity contribution in [3.63, 3.8) is 0 Å². The van der Waals surface area contributed by atoms with Crippen molar-refractivity contribution in [1.82, 2.24) is 14.8 Å². The number of amides is 2. The Bertz CT molecular complexity index is 466. The van der Waals surface area contributed by atoms with Gasteiger partial charge in [0.1, 0.15) is 5.69 Å². The summed E-state index contributed by atoms with van der Waals surface area (Å²) >= 11 is 0. The summed E-state index contributed by atoms with van der Waals surface area (Å²) in [7, 11) is 0. The molecule has 2 amide bonds. The maximum absolute atomic E-state index is 12.2. The zero-order chi connectivity index (χ0) is 14.8. The molecule has 0 atom stereocenters. The Hall–Kier alpha value is -1.78. The lowest BCUT2D eigenvalue weighted by atomic mass is 9.91. The standard InChI is InChI=1S/C15H23N3O2/c1-15(2,3)11-13(19)17-7-9-18(10-8-17)14(20)12-5-4-6-16-12/h4-6,16H,7-11H2,1-3H3. The number of H-pyrrole nitrogens is 1. The van der Waals surface area contributed by atoms with Gasteiger partial charge in [0.05, 0.1) is 0 Å². The van der Waals surface area contributed by atoms with Crippen LogP contribution in [0.1, 0.15) is 37.7 Å². The van der Waals surface area contributed by atoms with Gasteiger partial charge in [-0.15, -0.1) is 0 Å². The molecule has 0 spiro atoms. The molecule has 1 aromatic heterocycles. The summed E-state index contributed by atoms with van der Waals surface area (Å²) in [5.74, 6) is 0.197. The van der Waals surface area contributed by atoms with Crippen LogP contribution < -0.4 is 0 Å². The lowest BCUT2D eigenvalue weighted by Crippen LogP contribution is -2.51. The SMILES string of the molecule is CC(C)(C)CC(=O)N1CCN(C(=O)c2ccc[nH]2)CC1. The Morgan fingerprint density at radius 2 is 1.75 bits per heavy atom. The van der Waals surface area contributed by atoms with Gasteiger partial charge < -0.3 is 14.8 Å². The van der Waals surface area contributed by atoms with Crippen LogP contribution in [0.3, 0.4) is 0 Å². The molecule has 0 aliphatic carbocycles. The molecule has 2 rings (SSSR count). The minimum Gasteiger partial charge on any atom is -0.357 e. The topological polar surface area (TPSA) is 56.4 Å². The Morgan fingerprint density at radius 1 is 1.15 bits per heavy atom. The van der Waals surface area contributed by atoms with Gasteiger partial charge in [-0.3, -0.25) is 9.59 Å². The summed E-state index contributed by atoms with van der Waals surface area (Å²) in [5, 5.41) is 0. The second-order valence-corrected chi connectivity index (χ2v) is 6.49. The van der Waals surface area contributed by atoms with Crippen LogP contribution in [0.5, 0.6) is 0 Å². The second kappa shape index (κ2) is 5.69. The van der Waals surface area contributed by atoms with Crippen molar-refractivity contribution < 1.29 is 9.59 Å². The van der Waals surface area contributed by atoms with E-state index in [9.17, 15) is 9.59 Å². The van der Waals surface area contributed by atoms with E-state index in [1.165, 1.54) is 0 Å². The largest absolute Gasteiger partial charge is 0.357 e. The number of nitrogens with zero attached hydrogens (tertiary/aromatic N) is 2. The Morgan fingerprint density at radius 3 is 2.25 bits per heavy atom. The predicted octanol–water partition coefficient (Wildman–Crippen LogP) is 1.74. The number of carbonyl (C=O) groups is 2. The average molecular weight is 277 g/mol. The van der Waals surface area contributed by atoms with Crippen molar-refractivity contribution in [2.24, 2.45) is 5.41 Å². The van der Waals surface area contributed by atoms with Crippen LogP contribution in [0, 0.1) is 5.41 Å². The van der Waals surface area contributed by atoms with Gasteiger partial charge in [0.15, 0.2) is 0 Å². The van der Waals surface area contributed by atoms with Crippen molar-refractivity contribution in [3.05, 3.63) is 24.0 Å². The number of hydrogen-bond acceptors (Lipinski definition) is 2. The third kappa shape index (κ3) is 3.62. The van der Waals surface area contributed by atoms with Crippen LogP contribution in [0.25, 0.3) is 0 Å². The first kappa shape index (κ1) is 14.6. The molecule has 0 radical (unpaired) electrons. The van der Waals surface area contributed by atoms with E-state index in [4.69, 9.17) is 0 Å². The molecule has 2 heterocycles. The molecule has 0 aromatic carbocycles. The monoisotopic (exact) mass is 277 g/mol. The summed E-state index contributed by atoms with van der Waals surface area (Å²) < 4.78 is 0. The molecule has 1 aliphatic heterocycles. The molecule has 1 saturated heterocycles. The highest BCUT2D eigenvalue weighted by Crippen LogP contribution is 2.20. The van der Waals surface area contributed by atoms with Crippen LogP contribution >= 0.6 is 0 Å². The van der Waals surface area contributed by atoms with Crippen LogP contribution in [-0.4, -0.2) is 52.8 Å². The highest BCUT2D eigenvalue weighted by Gasteiger charge is 2.27. The zero-order valence-corrected chi connectivity index (χ0v) is 12.5. The number of aromatic nitrogens is 1. The first-order valence-corrected chi connectivity index (χ1v) is 7.07. The zero-order valence-electron chi connectivity index (χ0n) is 12.5. The van der Waals surface area contributed by atoms with Crippen LogP contribution in [0.15, 0.2) is 18.3 Å². The molecule has 1 N–H and O–H groups in total. The van der Waals surface area contributed by atoms with E-state index in [1.54, 1.807) is 17.2 Å². The van der Waals surface area contributed by atoms with Gasteiger partial charge in [0.25, 0.3) is 5.91 Å². The normalized spacial score (nSPS) is 16.4. The number of rotatable bonds is 2.